The van der Waals surface area contributed by atoms with Gasteiger partial charge < -0.3 is 21.1 Å². The number of benzene rings is 1. The topological polar surface area (TPSA) is 133 Å². The summed E-state index contributed by atoms with van der Waals surface area (Å²) in [5.41, 5.74) is 8.01. The zero-order chi connectivity index (χ0) is 24.3. The zero-order valence-electron chi connectivity index (χ0n) is 19.6. The van der Waals surface area contributed by atoms with Gasteiger partial charge >= 0.3 is 0 Å². The van der Waals surface area contributed by atoms with Crippen molar-refractivity contribution in [2.75, 3.05) is 17.7 Å². The number of hydrogen-bond donors (Lipinski definition) is 3. The largest absolute Gasteiger partial charge is 0.373 e. The van der Waals surface area contributed by atoms with Crippen molar-refractivity contribution < 1.29 is 9.53 Å². The van der Waals surface area contributed by atoms with E-state index in [1.807, 2.05) is 51.1 Å². The van der Waals surface area contributed by atoms with Crippen molar-refractivity contribution >= 4 is 23.4 Å². The lowest BCUT2D eigenvalue weighted by molar-refractivity contribution is -0.116. The van der Waals surface area contributed by atoms with E-state index in [-0.39, 0.29) is 6.10 Å². The monoisotopic (exact) mass is 460 g/mol. The summed E-state index contributed by atoms with van der Waals surface area (Å²) in [4.78, 5) is 24.8. The summed E-state index contributed by atoms with van der Waals surface area (Å²) in [7, 11) is 1.79. The SMILES string of the molecule is CNc1cc(-n2ncnc2Nc2cc(C3(OC(C)C)C=CC=C(C(N)=O)C3)ccc2C)ncn1. The van der Waals surface area contributed by atoms with E-state index < -0.39 is 11.5 Å². The van der Waals surface area contributed by atoms with Crippen LogP contribution in [0.25, 0.3) is 5.82 Å². The van der Waals surface area contributed by atoms with Crippen LogP contribution >= 0.6 is 0 Å². The van der Waals surface area contributed by atoms with Crippen LogP contribution in [0.4, 0.5) is 17.5 Å². The average Bonchev–Trinajstić information content (AvgIpc) is 3.28. The van der Waals surface area contributed by atoms with E-state index in [0.717, 1.165) is 16.8 Å². The van der Waals surface area contributed by atoms with Gasteiger partial charge in [-0.05, 0) is 44.0 Å². The molecule has 2 heterocycles. The summed E-state index contributed by atoms with van der Waals surface area (Å²) in [6, 6.07) is 7.79. The molecule has 1 unspecified atom stereocenters. The number of carbonyl (C=O) groups is 1. The number of amides is 1. The third-order valence-electron chi connectivity index (χ3n) is 5.52. The number of anilines is 3. The number of primary amides is 1. The van der Waals surface area contributed by atoms with Crippen molar-refractivity contribution in [2.45, 2.75) is 38.9 Å². The third kappa shape index (κ3) is 4.67. The quantitative estimate of drug-likeness (QED) is 0.467. The van der Waals surface area contributed by atoms with Gasteiger partial charge in [0, 0.05) is 30.8 Å². The van der Waals surface area contributed by atoms with Gasteiger partial charge in [0.1, 0.15) is 24.1 Å². The van der Waals surface area contributed by atoms with Crippen LogP contribution in [0, 0.1) is 6.92 Å². The number of nitrogens with zero attached hydrogens (tertiary/aromatic N) is 5. The number of aromatic nitrogens is 5. The summed E-state index contributed by atoms with van der Waals surface area (Å²) < 4.78 is 7.97. The van der Waals surface area contributed by atoms with Crippen LogP contribution in [0.15, 0.2) is 60.7 Å². The number of hydrogen-bond acceptors (Lipinski definition) is 8. The minimum atomic E-state index is -0.820. The molecular formula is C24H28N8O2. The van der Waals surface area contributed by atoms with Crippen LogP contribution in [0.3, 0.4) is 0 Å². The molecule has 10 nitrogen and oxygen atoms in total. The average molecular weight is 461 g/mol. The molecule has 1 atom stereocenters. The molecule has 1 aromatic carbocycles. The Morgan fingerprint density at radius 3 is 2.76 bits per heavy atom. The Hall–Kier alpha value is -4.05. The molecule has 2 aromatic heterocycles. The highest BCUT2D eigenvalue weighted by Gasteiger charge is 2.36. The van der Waals surface area contributed by atoms with Gasteiger partial charge in [0.05, 0.1) is 6.10 Å². The van der Waals surface area contributed by atoms with E-state index in [2.05, 4.69) is 30.7 Å². The first-order chi connectivity index (χ1) is 16.3. The maximum atomic E-state index is 11.9. The minimum absolute atomic E-state index is 0.0724. The highest BCUT2D eigenvalue weighted by atomic mass is 16.5. The molecule has 34 heavy (non-hydrogen) atoms. The molecule has 0 aliphatic heterocycles. The second-order valence-corrected chi connectivity index (χ2v) is 8.31. The number of carbonyl (C=O) groups excluding carboxylic acids is 1. The number of nitrogens with one attached hydrogen (secondary N) is 2. The molecule has 10 heteroatoms. The normalized spacial score (nSPS) is 17.5. The van der Waals surface area contributed by atoms with E-state index >= 15 is 0 Å². The molecule has 4 rings (SSSR count). The fraction of sp³-hybridized carbons (Fsp3) is 0.292. The first-order valence-electron chi connectivity index (χ1n) is 11.0. The second-order valence-electron chi connectivity index (χ2n) is 8.31. The predicted octanol–water partition coefficient (Wildman–Crippen LogP) is 3.14. The molecule has 0 spiro atoms. The second kappa shape index (κ2) is 9.44. The van der Waals surface area contributed by atoms with E-state index in [9.17, 15) is 4.79 Å². The summed E-state index contributed by atoms with van der Waals surface area (Å²) in [5, 5.41) is 10.7. The molecular weight excluding hydrogens is 432 g/mol. The number of rotatable bonds is 8. The third-order valence-corrected chi connectivity index (χ3v) is 5.52. The Labute approximate surface area is 198 Å². The van der Waals surface area contributed by atoms with Crippen LogP contribution < -0.4 is 16.4 Å². The molecule has 0 radical (unpaired) electrons. The van der Waals surface area contributed by atoms with Gasteiger partial charge in [0.15, 0.2) is 5.82 Å². The molecule has 3 aromatic rings. The van der Waals surface area contributed by atoms with Gasteiger partial charge in [-0.25, -0.2) is 9.97 Å². The van der Waals surface area contributed by atoms with Crippen molar-refractivity contribution in [3.63, 3.8) is 0 Å². The van der Waals surface area contributed by atoms with E-state index in [4.69, 9.17) is 10.5 Å². The summed E-state index contributed by atoms with van der Waals surface area (Å²) in [6.07, 6.45) is 8.73. The number of allylic oxidation sites excluding steroid dienone is 2. The molecule has 176 valence electrons. The fourth-order valence-electron chi connectivity index (χ4n) is 3.89. The molecule has 0 saturated heterocycles. The smallest absolute Gasteiger partial charge is 0.244 e. The predicted molar refractivity (Wildman–Crippen MR) is 130 cm³/mol. The van der Waals surface area contributed by atoms with Crippen molar-refractivity contribution in [3.05, 3.63) is 71.8 Å². The first kappa shape index (κ1) is 23.1. The molecule has 0 saturated carbocycles. The fourth-order valence-corrected chi connectivity index (χ4v) is 3.89. The highest BCUT2D eigenvalue weighted by Crippen LogP contribution is 2.39. The van der Waals surface area contributed by atoms with Gasteiger partial charge in [-0.3, -0.25) is 4.79 Å². The molecule has 0 bridgehead atoms. The number of aryl methyl sites for hydroxylation is 1. The van der Waals surface area contributed by atoms with Crippen molar-refractivity contribution in [1.29, 1.82) is 0 Å². The Morgan fingerprint density at radius 2 is 2.03 bits per heavy atom. The summed E-state index contributed by atoms with van der Waals surface area (Å²) in [5.74, 6) is 1.28. The Balaban J connectivity index is 1.71. The van der Waals surface area contributed by atoms with Crippen LogP contribution in [0.5, 0.6) is 0 Å². The highest BCUT2D eigenvalue weighted by molar-refractivity contribution is 5.92. The van der Waals surface area contributed by atoms with Gasteiger partial charge in [-0.1, -0.05) is 24.3 Å². The van der Waals surface area contributed by atoms with Crippen molar-refractivity contribution in [1.82, 2.24) is 24.7 Å². The number of ether oxygens (including phenoxy) is 1. The zero-order valence-corrected chi connectivity index (χ0v) is 19.6. The lowest BCUT2D eigenvalue weighted by atomic mass is 9.82. The number of nitrogens with two attached hydrogens (primary N) is 1. The summed E-state index contributed by atoms with van der Waals surface area (Å²) >= 11 is 0. The summed E-state index contributed by atoms with van der Waals surface area (Å²) in [6.45, 7) is 5.93. The maximum absolute atomic E-state index is 11.9. The first-order valence-corrected chi connectivity index (χ1v) is 11.0. The van der Waals surface area contributed by atoms with Gasteiger partial charge in [0.25, 0.3) is 0 Å². The van der Waals surface area contributed by atoms with Gasteiger partial charge in [0.2, 0.25) is 11.9 Å². The molecule has 0 fully saturated rings. The minimum Gasteiger partial charge on any atom is -0.373 e. The molecule has 4 N–H and O–H groups in total. The molecule has 1 aliphatic carbocycles. The Bertz CT molecular complexity index is 1260. The maximum Gasteiger partial charge on any atom is 0.244 e. The Morgan fingerprint density at radius 1 is 1.21 bits per heavy atom. The van der Waals surface area contributed by atoms with Crippen LogP contribution in [0.2, 0.25) is 0 Å². The standard InChI is InChI=1S/C24H28N8O2/c1-15(2)34-24(9-5-6-17(12-24)22(25)33)18-8-7-16(3)19(10-18)31-23-29-14-30-32(23)21-11-20(26-4)27-13-28-21/h5-11,13-15H,12H2,1-4H3,(H2,25,33)(H,26,27,28)(H,29,30,31). The van der Waals surface area contributed by atoms with Gasteiger partial charge in [-0.2, -0.15) is 14.8 Å². The van der Waals surface area contributed by atoms with E-state index in [1.165, 1.54) is 12.7 Å². The van der Waals surface area contributed by atoms with Crippen molar-refractivity contribution in [3.8, 4) is 5.82 Å². The lowest BCUT2D eigenvalue weighted by Gasteiger charge is -2.36. The lowest BCUT2D eigenvalue weighted by Crippen LogP contribution is -2.34. The van der Waals surface area contributed by atoms with E-state index in [1.54, 1.807) is 23.9 Å². The van der Waals surface area contributed by atoms with Crippen LogP contribution in [-0.4, -0.2) is 43.8 Å². The van der Waals surface area contributed by atoms with Crippen molar-refractivity contribution in [2.24, 2.45) is 5.73 Å². The van der Waals surface area contributed by atoms with E-state index in [0.29, 0.717) is 29.6 Å². The molecule has 1 aliphatic rings. The van der Waals surface area contributed by atoms with Crippen LogP contribution in [-0.2, 0) is 15.1 Å². The Kier molecular flexibility index (Phi) is 6.42. The molecule has 1 amide bonds. The van der Waals surface area contributed by atoms with Gasteiger partial charge in [-0.15, -0.1) is 0 Å². The van der Waals surface area contributed by atoms with Crippen LogP contribution in [0.1, 0.15) is 31.4 Å².